The molecule has 2 aromatic rings. The number of anilines is 2. The zero-order valence-corrected chi connectivity index (χ0v) is 15.5. The van der Waals surface area contributed by atoms with Crippen LogP contribution in [0, 0.1) is 6.92 Å². The van der Waals surface area contributed by atoms with Gasteiger partial charge in [-0.3, -0.25) is 9.59 Å². The van der Waals surface area contributed by atoms with Gasteiger partial charge in [0.15, 0.2) is 5.78 Å². The number of aryl methyl sites for hydroxylation is 1. The first-order valence-electron chi connectivity index (χ1n) is 9.00. The highest BCUT2D eigenvalue weighted by atomic mass is 16.2. The smallest absolute Gasteiger partial charge is 0.322 e. The molecule has 1 aliphatic heterocycles. The maximum atomic E-state index is 12.7. The molecule has 1 atom stereocenters. The number of hydrogen-bond donors (Lipinski definition) is 2. The van der Waals surface area contributed by atoms with E-state index in [2.05, 4.69) is 10.6 Å². The standard InChI is InChI=1S/C21H23N3O3/c1-14-6-3-8-17(12-14)22-20(26)19-10-5-11-24(19)21(27)23-18-9-4-7-16(13-18)15(2)25/h3-4,6-9,12-13,19H,5,10-11H2,1-2H3,(H,22,26)(H,23,27)/t19-/m0/s1. The number of nitrogens with one attached hydrogen (secondary N) is 2. The van der Waals surface area contributed by atoms with Crippen molar-refractivity contribution in [1.82, 2.24) is 4.90 Å². The van der Waals surface area contributed by atoms with E-state index in [0.29, 0.717) is 24.2 Å². The summed E-state index contributed by atoms with van der Waals surface area (Å²) in [5.41, 5.74) is 2.85. The monoisotopic (exact) mass is 365 g/mol. The van der Waals surface area contributed by atoms with Gasteiger partial charge < -0.3 is 15.5 Å². The number of rotatable bonds is 4. The molecule has 3 amide bonds. The highest BCUT2D eigenvalue weighted by molar-refractivity contribution is 6.00. The van der Waals surface area contributed by atoms with Gasteiger partial charge in [-0.15, -0.1) is 0 Å². The van der Waals surface area contributed by atoms with Crippen LogP contribution in [-0.4, -0.2) is 35.2 Å². The summed E-state index contributed by atoms with van der Waals surface area (Å²) in [5.74, 6) is -0.256. The minimum Gasteiger partial charge on any atom is -0.324 e. The number of urea groups is 1. The second-order valence-corrected chi connectivity index (χ2v) is 6.78. The molecule has 2 aromatic carbocycles. The van der Waals surface area contributed by atoms with Crippen molar-refractivity contribution in [3.63, 3.8) is 0 Å². The topological polar surface area (TPSA) is 78.5 Å². The number of carbonyl (C=O) groups is 3. The Balaban J connectivity index is 1.68. The van der Waals surface area contributed by atoms with Gasteiger partial charge in [-0.1, -0.05) is 24.3 Å². The van der Waals surface area contributed by atoms with E-state index in [9.17, 15) is 14.4 Å². The highest BCUT2D eigenvalue weighted by Crippen LogP contribution is 2.21. The fourth-order valence-corrected chi connectivity index (χ4v) is 3.24. The molecule has 1 heterocycles. The van der Waals surface area contributed by atoms with Gasteiger partial charge in [0.2, 0.25) is 5.91 Å². The van der Waals surface area contributed by atoms with E-state index in [4.69, 9.17) is 0 Å². The van der Waals surface area contributed by atoms with Crippen LogP contribution in [0.25, 0.3) is 0 Å². The molecule has 0 unspecified atom stereocenters. The van der Waals surface area contributed by atoms with E-state index in [1.165, 1.54) is 6.92 Å². The molecule has 0 bridgehead atoms. The molecular weight excluding hydrogens is 342 g/mol. The van der Waals surface area contributed by atoms with Gasteiger partial charge in [-0.05, 0) is 56.5 Å². The molecule has 6 heteroatoms. The molecule has 0 radical (unpaired) electrons. The molecule has 6 nitrogen and oxygen atoms in total. The average molecular weight is 365 g/mol. The van der Waals surface area contributed by atoms with Gasteiger partial charge in [-0.2, -0.15) is 0 Å². The Morgan fingerprint density at radius 2 is 1.70 bits per heavy atom. The molecule has 0 saturated carbocycles. The summed E-state index contributed by atoms with van der Waals surface area (Å²) in [6.45, 7) is 3.96. The van der Waals surface area contributed by atoms with Crippen molar-refractivity contribution in [2.24, 2.45) is 0 Å². The van der Waals surface area contributed by atoms with Crippen LogP contribution in [0.1, 0.15) is 35.7 Å². The van der Waals surface area contributed by atoms with Crippen LogP contribution in [0.4, 0.5) is 16.2 Å². The molecule has 140 valence electrons. The maximum Gasteiger partial charge on any atom is 0.322 e. The summed E-state index contributed by atoms with van der Waals surface area (Å²) in [5, 5.41) is 5.68. The Labute approximate surface area is 158 Å². The summed E-state index contributed by atoms with van der Waals surface area (Å²) < 4.78 is 0. The third-order valence-electron chi connectivity index (χ3n) is 4.62. The lowest BCUT2D eigenvalue weighted by Crippen LogP contribution is -2.45. The number of Topliss-reactive ketones (excluding diaryl/α,β-unsaturated/α-hetero) is 1. The van der Waals surface area contributed by atoms with Crippen LogP contribution in [0.2, 0.25) is 0 Å². The van der Waals surface area contributed by atoms with Gasteiger partial charge in [0.1, 0.15) is 6.04 Å². The quantitative estimate of drug-likeness (QED) is 0.808. The van der Waals surface area contributed by atoms with Crippen LogP contribution < -0.4 is 10.6 Å². The second kappa shape index (κ2) is 8.03. The Hall–Kier alpha value is -3.15. The second-order valence-electron chi connectivity index (χ2n) is 6.78. The van der Waals surface area contributed by atoms with E-state index in [1.807, 2.05) is 31.2 Å². The lowest BCUT2D eigenvalue weighted by molar-refractivity contribution is -0.119. The zero-order chi connectivity index (χ0) is 19.4. The Morgan fingerprint density at radius 1 is 1.00 bits per heavy atom. The third-order valence-corrected chi connectivity index (χ3v) is 4.62. The highest BCUT2D eigenvalue weighted by Gasteiger charge is 2.34. The summed E-state index contributed by atoms with van der Waals surface area (Å²) in [7, 11) is 0. The van der Waals surface area contributed by atoms with Crippen molar-refractivity contribution in [2.45, 2.75) is 32.7 Å². The maximum absolute atomic E-state index is 12.7. The minimum absolute atomic E-state index is 0.0670. The van der Waals surface area contributed by atoms with E-state index in [-0.39, 0.29) is 17.7 Å². The molecule has 3 rings (SSSR count). The fraction of sp³-hybridized carbons (Fsp3) is 0.286. The minimum atomic E-state index is -0.512. The van der Waals surface area contributed by atoms with Crippen LogP contribution >= 0.6 is 0 Å². The molecule has 27 heavy (non-hydrogen) atoms. The normalized spacial score (nSPS) is 16.1. The van der Waals surface area contributed by atoms with Crippen LogP contribution in [0.15, 0.2) is 48.5 Å². The van der Waals surface area contributed by atoms with E-state index in [1.54, 1.807) is 29.2 Å². The predicted molar refractivity (Wildman–Crippen MR) is 105 cm³/mol. The van der Waals surface area contributed by atoms with Crippen molar-refractivity contribution in [1.29, 1.82) is 0 Å². The molecule has 0 aromatic heterocycles. The van der Waals surface area contributed by atoms with Gasteiger partial charge in [0.05, 0.1) is 0 Å². The molecule has 0 spiro atoms. The average Bonchev–Trinajstić information content (AvgIpc) is 3.12. The van der Waals surface area contributed by atoms with Gasteiger partial charge in [0, 0.05) is 23.5 Å². The predicted octanol–water partition coefficient (Wildman–Crippen LogP) is 3.83. The molecule has 0 aliphatic carbocycles. The van der Waals surface area contributed by atoms with Crippen molar-refractivity contribution in [3.05, 3.63) is 59.7 Å². The lowest BCUT2D eigenvalue weighted by Gasteiger charge is -2.24. The molecule has 1 fully saturated rings. The van der Waals surface area contributed by atoms with E-state index in [0.717, 1.165) is 17.7 Å². The summed E-state index contributed by atoms with van der Waals surface area (Å²) >= 11 is 0. The fourth-order valence-electron chi connectivity index (χ4n) is 3.24. The van der Waals surface area contributed by atoms with Crippen molar-refractivity contribution in [2.75, 3.05) is 17.2 Å². The third kappa shape index (κ3) is 4.53. The number of carbonyl (C=O) groups excluding carboxylic acids is 3. The largest absolute Gasteiger partial charge is 0.324 e. The SMILES string of the molecule is CC(=O)c1cccc(NC(=O)N2CCC[C@H]2C(=O)Nc2cccc(C)c2)c1. The van der Waals surface area contributed by atoms with Crippen LogP contribution in [0.5, 0.6) is 0 Å². The summed E-state index contributed by atoms with van der Waals surface area (Å²) in [6, 6.07) is 13.5. The van der Waals surface area contributed by atoms with Crippen LogP contribution in [-0.2, 0) is 4.79 Å². The number of ketones is 1. The first-order chi connectivity index (χ1) is 12.9. The number of amides is 3. The lowest BCUT2D eigenvalue weighted by atomic mass is 10.1. The molecule has 1 aliphatic rings. The molecule has 2 N–H and O–H groups in total. The first kappa shape index (κ1) is 18.6. The summed E-state index contributed by atoms with van der Waals surface area (Å²) in [6.07, 6.45) is 1.39. The van der Waals surface area contributed by atoms with Gasteiger partial charge >= 0.3 is 6.03 Å². The Bertz CT molecular complexity index is 878. The number of likely N-dealkylation sites (tertiary alicyclic amines) is 1. The first-order valence-corrected chi connectivity index (χ1v) is 9.00. The van der Waals surface area contributed by atoms with Crippen LogP contribution in [0.3, 0.4) is 0 Å². The van der Waals surface area contributed by atoms with Gasteiger partial charge in [-0.25, -0.2) is 4.79 Å². The van der Waals surface area contributed by atoms with Gasteiger partial charge in [0.25, 0.3) is 0 Å². The summed E-state index contributed by atoms with van der Waals surface area (Å²) in [4.78, 5) is 38.4. The zero-order valence-electron chi connectivity index (χ0n) is 15.5. The van der Waals surface area contributed by atoms with E-state index < -0.39 is 6.04 Å². The van der Waals surface area contributed by atoms with Crippen molar-refractivity contribution < 1.29 is 14.4 Å². The number of nitrogens with zero attached hydrogens (tertiary/aromatic N) is 1. The molecule has 1 saturated heterocycles. The van der Waals surface area contributed by atoms with Crippen molar-refractivity contribution in [3.8, 4) is 0 Å². The Morgan fingerprint density at radius 3 is 2.41 bits per heavy atom. The number of hydrogen-bond acceptors (Lipinski definition) is 3. The van der Waals surface area contributed by atoms with E-state index >= 15 is 0 Å². The Kier molecular flexibility index (Phi) is 5.54. The molecular formula is C21H23N3O3. The number of benzene rings is 2. The van der Waals surface area contributed by atoms with Crippen molar-refractivity contribution >= 4 is 29.1 Å².